The highest BCUT2D eigenvalue weighted by atomic mass is 16.7. The van der Waals surface area contributed by atoms with Gasteiger partial charge >= 0.3 is 7.12 Å². The summed E-state index contributed by atoms with van der Waals surface area (Å²) < 4.78 is 17.7. The summed E-state index contributed by atoms with van der Waals surface area (Å²) in [6.07, 6.45) is 1.01. The van der Waals surface area contributed by atoms with Crippen LogP contribution in [0.25, 0.3) is 0 Å². The third-order valence-electron chi connectivity index (χ3n) is 4.65. The molecule has 0 aliphatic carbocycles. The molecule has 0 bridgehead atoms. The van der Waals surface area contributed by atoms with Crippen molar-refractivity contribution in [1.82, 2.24) is 0 Å². The molecule has 1 aromatic rings. The molecule has 108 valence electrons. The molecule has 20 heavy (non-hydrogen) atoms. The fraction of sp³-hybridized carbons (Fsp3) is 0.600. The van der Waals surface area contributed by atoms with Crippen LogP contribution in [0.4, 0.5) is 5.69 Å². The first kappa shape index (κ1) is 13.8. The molecule has 1 N–H and O–H groups in total. The monoisotopic (exact) mass is 275 g/mol. The molecule has 2 heterocycles. The molecule has 0 spiro atoms. The van der Waals surface area contributed by atoms with E-state index in [2.05, 4.69) is 39.1 Å². The molecule has 2 aliphatic heterocycles. The van der Waals surface area contributed by atoms with Gasteiger partial charge < -0.3 is 19.4 Å². The molecule has 4 nitrogen and oxygen atoms in total. The Balaban J connectivity index is 1.97. The minimum atomic E-state index is -0.334. The Morgan fingerprint density at radius 1 is 1.15 bits per heavy atom. The Hall–Kier alpha value is -1.20. The zero-order chi connectivity index (χ0) is 14.5. The summed E-state index contributed by atoms with van der Waals surface area (Å²) in [5.74, 6) is 0.865. The van der Waals surface area contributed by atoms with Gasteiger partial charge in [-0.25, -0.2) is 0 Å². The van der Waals surface area contributed by atoms with Crippen LogP contribution >= 0.6 is 0 Å². The minimum Gasteiger partial charge on any atom is -0.495 e. The highest BCUT2D eigenvalue weighted by molar-refractivity contribution is 6.62. The van der Waals surface area contributed by atoms with E-state index in [0.29, 0.717) is 0 Å². The van der Waals surface area contributed by atoms with E-state index in [-0.39, 0.29) is 18.3 Å². The minimum absolute atomic E-state index is 0.317. The molecule has 0 atom stereocenters. The fourth-order valence-corrected chi connectivity index (χ4v) is 2.69. The number of rotatable bonds is 2. The van der Waals surface area contributed by atoms with Gasteiger partial charge in [-0.15, -0.1) is 0 Å². The lowest BCUT2D eigenvalue weighted by Crippen LogP contribution is -2.41. The third-order valence-corrected chi connectivity index (χ3v) is 4.65. The Kier molecular flexibility index (Phi) is 3.03. The van der Waals surface area contributed by atoms with Crippen molar-refractivity contribution < 1.29 is 14.0 Å². The van der Waals surface area contributed by atoms with Crippen molar-refractivity contribution in [1.29, 1.82) is 0 Å². The van der Waals surface area contributed by atoms with E-state index >= 15 is 0 Å². The van der Waals surface area contributed by atoms with Gasteiger partial charge in [0.15, 0.2) is 0 Å². The maximum absolute atomic E-state index is 6.11. The van der Waals surface area contributed by atoms with Gasteiger partial charge in [0.2, 0.25) is 0 Å². The lowest BCUT2D eigenvalue weighted by atomic mass is 9.78. The Morgan fingerprint density at radius 3 is 2.40 bits per heavy atom. The Morgan fingerprint density at radius 2 is 1.80 bits per heavy atom. The van der Waals surface area contributed by atoms with Gasteiger partial charge in [0.1, 0.15) is 5.75 Å². The van der Waals surface area contributed by atoms with Crippen LogP contribution in [0.3, 0.4) is 0 Å². The number of benzene rings is 1. The average Bonchev–Trinajstić information content (AvgIpc) is 2.91. The smallest absolute Gasteiger partial charge is 0.494 e. The molecular weight excluding hydrogens is 253 g/mol. The van der Waals surface area contributed by atoms with E-state index in [4.69, 9.17) is 14.0 Å². The predicted molar refractivity (Wildman–Crippen MR) is 80.9 cm³/mol. The molecule has 0 amide bonds. The second-order valence-corrected chi connectivity index (χ2v) is 6.52. The van der Waals surface area contributed by atoms with Crippen molar-refractivity contribution in [3.63, 3.8) is 0 Å². The van der Waals surface area contributed by atoms with Gasteiger partial charge in [-0.05, 0) is 51.2 Å². The van der Waals surface area contributed by atoms with Gasteiger partial charge in [0.25, 0.3) is 0 Å². The van der Waals surface area contributed by atoms with Gasteiger partial charge in [0.05, 0.1) is 24.0 Å². The molecule has 0 aromatic heterocycles. The quantitative estimate of drug-likeness (QED) is 0.838. The van der Waals surface area contributed by atoms with Crippen molar-refractivity contribution in [2.75, 3.05) is 19.0 Å². The average molecular weight is 275 g/mol. The molecule has 5 heteroatoms. The highest BCUT2D eigenvalue weighted by Gasteiger charge is 2.52. The summed E-state index contributed by atoms with van der Waals surface area (Å²) in [7, 11) is 1.36. The van der Waals surface area contributed by atoms with Crippen LogP contribution in [0, 0.1) is 0 Å². The van der Waals surface area contributed by atoms with Crippen molar-refractivity contribution in [2.45, 2.75) is 45.3 Å². The van der Waals surface area contributed by atoms with Crippen molar-refractivity contribution in [2.24, 2.45) is 0 Å². The third kappa shape index (κ3) is 2.00. The number of hydrogen-bond donors (Lipinski definition) is 1. The maximum atomic E-state index is 6.11. The van der Waals surface area contributed by atoms with Crippen molar-refractivity contribution >= 4 is 18.3 Å². The number of anilines is 1. The first-order valence-corrected chi connectivity index (χ1v) is 7.14. The SMILES string of the molecule is COc1cc(B2OC(C)(C)C(C)(C)O2)cc2c1NCC2. The summed E-state index contributed by atoms with van der Waals surface area (Å²) in [5.41, 5.74) is 2.77. The zero-order valence-electron chi connectivity index (χ0n) is 12.9. The van der Waals surface area contributed by atoms with Gasteiger partial charge in [-0.1, -0.05) is 6.07 Å². The summed E-state index contributed by atoms with van der Waals surface area (Å²) in [4.78, 5) is 0. The lowest BCUT2D eigenvalue weighted by Gasteiger charge is -2.32. The standard InChI is InChI=1S/C15H22BNO3/c1-14(2)15(3,4)20-16(19-14)11-8-10-6-7-17-13(10)12(9-11)18-5/h8-9,17H,6-7H2,1-5H3. The van der Waals surface area contributed by atoms with Crippen LogP contribution in [0.2, 0.25) is 0 Å². The van der Waals surface area contributed by atoms with Crippen LogP contribution in [0.1, 0.15) is 33.3 Å². The van der Waals surface area contributed by atoms with Crippen molar-refractivity contribution in [3.8, 4) is 5.75 Å². The molecule has 1 saturated heterocycles. The van der Waals surface area contributed by atoms with Crippen LogP contribution in [-0.4, -0.2) is 32.0 Å². The van der Waals surface area contributed by atoms with Crippen LogP contribution < -0.4 is 15.5 Å². The second kappa shape index (κ2) is 4.40. The highest BCUT2D eigenvalue weighted by Crippen LogP contribution is 2.38. The molecule has 2 aliphatic rings. The molecule has 1 aromatic carbocycles. The number of fused-ring (bicyclic) bond motifs is 1. The first-order valence-electron chi connectivity index (χ1n) is 7.14. The Bertz CT molecular complexity index is 526. The van der Waals surface area contributed by atoms with E-state index in [1.54, 1.807) is 7.11 Å². The van der Waals surface area contributed by atoms with E-state index in [0.717, 1.165) is 29.9 Å². The van der Waals surface area contributed by atoms with Crippen LogP contribution in [0.5, 0.6) is 5.75 Å². The summed E-state index contributed by atoms with van der Waals surface area (Å²) >= 11 is 0. The molecule has 1 fully saturated rings. The first-order chi connectivity index (χ1) is 9.34. The number of ether oxygens (including phenoxy) is 1. The van der Waals surface area contributed by atoms with E-state index < -0.39 is 0 Å². The Labute approximate surface area is 120 Å². The van der Waals surface area contributed by atoms with Gasteiger partial charge in [-0.2, -0.15) is 0 Å². The van der Waals surface area contributed by atoms with E-state index in [1.165, 1.54) is 5.56 Å². The van der Waals surface area contributed by atoms with E-state index in [9.17, 15) is 0 Å². The van der Waals surface area contributed by atoms with E-state index in [1.807, 2.05) is 6.07 Å². The maximum Gasteiger partial charge on any atom is 0.494 e. The lowest BCUT2D eigenvalue weighted by molar-refractivity contribution is 0.00578. The zero-order valence-corrected chi connectivity index (χ0v) is 12.9. The molecule has 0 unspecified atom stereocenters. The molecule has 0 saturated carbocycles. The normalized spacial score (nSPS) is 22.6. The summed E-state index contributed by atoms with van der Waals surface area (Å²) in [6, 6.07) is 4.18. The largest absolute Gasteiger partial charge is 0.495 e. The van der Waals surface area contributed by atoms with Gasteiger partial charge in [0, 0.05) is 6.54 Å². The number of nitrogens with one attached hydrogen (secondary N) is 1. The fourth-order valence-electron chi connectivity index (χ4n) is 2.69. The van der Waals surface area contributed by atoms with Crippen LogP contribution in [-0.2, 0) is 15.7 Å². The molecule has 0 radical (unpaired) electrons. The second-order valence-electron chi connectivity index (χ2n) is 6.52. The predicted octanol–water partition coefficient (Wildman–Crippen LogP) is 1.96. The topological polar surface area (TPSA) is 39.7 Å². The molecule has 3 rings (SSSR count). The van der Waals surface area contributed by atoms with Crippen LogP contribution in [0.15, 0.2) is 12.1 Å². The molecular formula is C15H22BNO3. The summed E-state index contributed by atoms with van der Waals surface area (Å²) in [5, 5.41) is 3.36. The number of methoxy groups -OCH3 is 1. The summed E-state index contributed by atoms with van der Waals surface area (Å²) in [6.45, 7) is 9.23. The van der Waals surface area contributed by atoms with Gasteiger partial charge in [-0.3, -0.25) is 0 Å². The van der Waals surface area contributed by atoms with Crippen molar-refractivity contribution in [3.05, 3.63) is 17.7 Å². The number of hydrogen-bond acceptors (Lipinski definition) is 4.